The van der Waals surface area contributed by atoms with Crippen LogP contribution in [0.3, 0.4) is 0 Å². The number of imide groups is 2. The number of ketones is 1. The number of carbonyl (C=O) groups excluding carboxylic acids is 5. The highest BCUT2D eigenvalue weighted by Gasteiger charge is 2.39. The second-order valence-electron chi connectivity index (χ2n) is 9.44. The molecule has 7 heteroatoms. The number of rotatable bonds is 3. The first-order valence-electron chi connectivity index (χ1n) is 11.6. The van der Waals surface area contributed by atoms with E-state index in [4.69, 9.17) is 0 Å². The van der Waals surface area contributed by atoms with Gasteiger partial charge in [-0.1, -0.05) is 12.1 Å². The number of carbonyl (C=O) groups is 5. The van der Waals surface area contributed by atoms with Crippen molar-refractivity contribution in [2.75, 3.05) is 11.9 Å². The monoisotopic (exact) mass is 480 g/mol. The first-order valence-corrected chi connectivity index (χ1v) is 11.6. The third kappa shape index (κ3) is 3.02. The minimum absolute atomic E-state index is 0.160. The van der Waals surface area contributed by atoms with Crippen LogP contribution in [0.2, 0.25) is 0 Å². The van der Waals surface area contributed by atoms with E-state index in [-0.39, 0.29) is 33.4 Å². The largest absolute Gasteiger partial charge is 0.289 e. The van der Waals surface area contributed by atoms with Crippen molar-refractivity contribution in [3.63, 3.8) is 0 Å². The maximum absolute atomic E-state index is 13.5. The van der Waals surface area contributed by atoms with Gasteiger partial charge in [0.1, 0.15) is 0 Å². The molecule has 0 saturated heterocycles. The summed E-state index contributed by atoms with van der Waals surface area (Å²) in [6.07, 6.45) is 0. The fourth-order valence-electron chi connectivity index (χ4n) is 5.07. The number of hydrogen-bond acceptors (Lipinski definition) is 5. The summed E-state index contributed by atoms with van der Waals surface area (Å²) in [6.45, 7) is 9.78. The van der Waals surface area contributed by atoms with Gasteiger partial charge in [0.15, 0.2) is 5.78 Å². The Morgan fingerprint density at radius 1 is 0.556 bits per heavy atom. The molecule has 2 aliphatic heterocycles. The average Bonchev–Trinajstić information content (AvgIpc) is 3.25. The zero-order valence-electron chi connectivity index (χ0n) is 20.9. The van der Waals surface area contributed by atoms with Crippen molar-refractivity contribution >= 4 is 35.1 Å². The zero-order valence-corrected chi connectivity index (χ0v) is 20.9. The van der Waals surface area contributed by atoms with Gasteiger partial charge in [0, 0.05) is 18.2 Å². The van der Waals surface area contributed by atoms with E-state index in [0.29, 0.717) is 5.69 Å². The average molecular weight is 481 g/mol. The molecule has 3 aromatic rings. The van der Waals surface area contributed by atoms with Crippen LogP contribution in [0.25, 0.3) is 0 Å². The Kier molecular flexibility index (Phi) is 5.07. The number of benzene rings is 3. The van der Waals surface area contributed by atoms with Crippen LogP contribution in [0.1, 0.15) is 85.2 Å². The molecule has 7 nitrogen and oxygen atoms in total. The van der Waals surface area contributed by atoms with E-state index in [9.17, 15) is 24.0 Å². The van der Waals surface area contributed by atoms with E-state index in [0.717, 1.165) is 32.7 Å². The van der Waals surface area contributed by atoms with Gasteiger partial charge < -0.3 is 0 Å². The molecule has 0 N–H and O–H groups in total. The number of hydrogen-bond donors (Lipinski definition) is 0. The molecule has 0 spiro atoms. The van der Waals surface area contributed by atoms with E-state index in [1.807, 2.05) is 34.6 Å². The van der Waals surface area contributed by atoms with Crippen LogP contribution in [-0.4, -0.2) is 41.4 Å². The highest BCUT2D eigenvalue weighted by Crippen LogP contribution is 2.38. The van der Waals surface area contributed by atoms with Crippen LogP contribution in [0.4, 0.5) is 5.69 Å². The van der Waals surface area contributed by atoms with Crippen molar-refractivity contribution in [3.05, 3.63) is 97.6 Å². The first kappa shape index (κ1) is 23.4. The maximum atomic E-state index is 13.5. The number of amides is 4. The lowest BCUT2D eigenvalue weighted by Crippen LogP contribution is -2.31. The Hall–Kier alpha value is -4.39. The van der Waals surface area contributed by atoms with Gasteiger partial charge in [0.25, 0.3) is 23.6 Å². The molecule has 5 rings (SSSR count). The lowest BCUT2D eigenvalue weighted by Gasteiger charge is -2.24. The van der Waals surface area contributed by atoms with Crippen LogP contribution in [0, 0.1) is 34.6 Å². The number of nitrogens with zero attached hydrogens (tertiary/aromatic N) is 2. The SMILES string of the molecule is Cc1c(C)c(C)c(N2C(=O)c3ccc(C(=O)c4ccc5c(c4)C(=O)N(C)C5=O)cc3C2=O)c(C)c1C. The van der Waals surface area contributed by atoms with E-state index >= 15 is 0 Å². The molecule has 36 heavy (non-hydrogen) atoms. The smallest absolute Gasteiger partial charge is 0.266 e. The maximum Gasteiger partial charge on any atom is 0.266 e. The highest BCUT2D eigenvalue weighted by atomic mass is 16.2. The lowest BCUT2D eigenvalue weighted by molar-refractivity contribution is 0.0692. The molecule has 0 bridgehead atoms. The molecule has 180 valence electrons. The fourth-order valence-corrected chi connectivity index (χ4v) is 5.07. The minimum Gasteiger partial charge on any atom is -0.289 e. The van der Waals surface area contributed by atoms with Gasteiger partial charge in [-0.15, -0.1) is 0 Å². The predicted molar refractivity (Wildman–Crippen MR) is 134 cm³/mol. The van der Waals surface area contributed by atoms with Crippen LogP contribution < -0.4 is 4.90 Å². The predicted octanol–water partition coefficient (Wildman–Crippen LogP) is 4.49. The summed E-state index contributed by atoms with van der Waals surface area (Å²) >= 11 is 0. The summed E-state index contributed by atoms with van der Waals surface area (Å²) in [6, 6.07) is 8.79. The van der Waals surface area contributed by atoms with E-state index in [1.54, 1.807) is 0 Å². The van der Waals surface area contributed by atoms with Crippen molar-refractivity contribution in [3.8, 4) is 0 Å². The lowest BCUT2D eigenvalue weighted by atomic mass is 9.92. The molecule has 0 fully saturated rings. The van der Waals surface area contributed by atoms with Crippen molar-refractivity contribution in [2.24, 2.45) is 0 Å². The topological polar surface area (TPSA) is 91.8 Å². The Morgan fingerprint density at radius 2 is 0.944 bits per heavy atom. The molecule has 0 unspecified atom stereocenters. The third-order valence-corrected chi connectivity index (χ3v) is 7.68. The molecule has 4 amide bonds. The van der Waals surface area contributed by atoms with Crippen LogP contribution in [0.5, 0.6) is 0 Å². The molecule has 0 aromatic heterocycles. The summed E-state index contributed by atoms with van der Waals surface area (Å²) in [5.41, 5.74) is 6.73. The van der Waals surface area contributed by atoms with Crippen molar-refractivity contribution in [2.45, 2.75) is 34.6 Å². The standard InChI is InChI=1S/C29H24N2O5/c1-13-14(2)16(4)24(17(5)15(13)3)31-28(35)21-10-8-19(12-23(21)29(31)36)25(32)18-7-9-20-22(11-18)27(34)30(6)26(20)33/h7-12H,1-6H3. The molecular weight excluding hydrogens is 456 g/mol. The van der Waals surface area contributed by atoms with Gasteiger partial charge >= 0.3 is 0 Å². The quantitative estimate of drug-likeness (QED) is 0.407. The minimum atomic E-state index is -0.477. The Morgan fingerprint density at radius 3 is 1.47 bits per heavy atom. The van der Waals surface area contributed by atoms with Gasteiger partial charge in [-0.25, -0.2) is 4.90 Å². The fraction of sp³-hybridized carbons (Fsp3) is 0.207. The number of anilines is 1. The molecule has 0 radical (unpaired) electrons. The molecule has 0 aliphatic carbocycles. The van der Waals surface area contributed by atoms with Crippen LogP contribution in [0.15, 0.2) is 36.4 Å². The van der Waals surface area contributed by atoms with Gasteiger partial charge in [-0.2, -0.15) is 0 Å². The summed E-state index contributed by atoms with van der Waals surface area (Å²) in [5, 5.41) is 0. The van der Waals surface area contributed by atoms with E-state index < -0.39 is 29.4 Å². The molecule has 0 saturated carbocycles. The summed E-state index contributed by atoms with van der Waals surface area (Å²) in [7, 11) is 1.39. The number of fused-ring (bicyclic) bond motifs is 2. The second kappa shape index (κ2) is 7.81. The first-order chi connectivity index (χ1) is 17.0. The van der Waals surface area contributed by atoms with E-state index in [1.165, 1.54) is 48.3 Å². The molecular formula is C29H24N2O5. The molecule has 2 aliphatic rings. The summed E-state index contributed by atoms with van der Waals surface area (Å²) < 4.78 is 0. The van der Waals surface area contributed by atoms with Crippen LogP contribution in [-0.2, 0) is 0 Å². The third-order valence-electron chi connectivity index (χ3n) is 7.68. The molecule has 0 atom stereocenters. The van der Waals surface area contributed by atoms with Gasteiger partial charge in [-0.3, -0.25) is 28.9 Å². The summed E-state index contributed by atoms with van der Waals surface area (Å²) in [4.78, 5) is 66.8. The molecule has 3 aromatic carbocycles. The van der Waals surface area contributed by atoms with E-state index in [2.05, 4.69) is 0 Å². The Bertz CT molecular complexity index is 1570. The zero-order chi connectivity index (χ0) is 26.2. The van der Waals surface area contributed by atoms with Gasteiger partial charge in [-0.05, 0) is 86.7 Å². The van der Waals surface area contributed by atoms with Crippen molar-refractivity contribution in [1.29, 1.82) is 0 Å². The second-order valence-corrected chi connectivity index (χ2v) is 9.44. The normalized spacial score (nSPS) is 14.6. The van der Waals surface area contributed by atoms with Gasteiger partial charge in [0.05, 0.1) is 27.9 Å². The van der Waals surface area contributed by atoms with Crippen molar-refractivity contribution < 1.29 is 24.0 Å². The van der Waals surface area contributed by atoms with Crippen LogP contribution >= 0.6 is 0 Å². The Labute approximate surface area is 208 Å². The highest BCUT2D eigenvalue weighted by molar-refractivity contribution is 6.35. The van der Waals surface area contributed by atoms with Crippen molar-refractivity contribution in [1.82, 2.24) is 4.90 Å². The molecule has 2 heterocycles. The van der Waals surface area contributed by atoms with Gasteiger partial charge in [0.2, 0.25) is 0 Å². The Balaban J connectivity index is 1.55. The summed E-state index contributed by atoms with van der Waals surface area (Å²) in [5.74, 6) is -2.20.